The maximum Gasteiger partial charge on any atom is 0.277 e. The lowest BCUT2D eigenvalue weighted by atomic mass is 10.0. The molecule has 158 valence electrons. The van der Waals surface area contributed by atoms with Crippen LogP contribution in [0.4, 0.5) is 0 Å². The lowest BCUT2D eigenvalue weighted by molar-refractivity contribution is -0.138. The van der Waals surface area contributed by atoms with E-state index in [2.05, 4.69) is 0 Å². The normalized spacial score (nSPS) is 22.6. The van der Waals surface area contributed by atoms with E-state index in [9.17, 15) is 9.59 Å². The molecule has 0 bridgehead atoms. The second kappa shape index (κ2) is 9.41. The Morgan fingerprint density at radius 1 is 1.07 bits per heavy atom. The van der Waals surface area contributed by atoms with Crippen LogP contribution in [-0.4, -0.2) is 73.8 Å². The van der Waals surface area contributed by atoms with Gasteiger partial charge in [0.25, 0.3) is 11.8 Å². The van der Waals surface area contributed by atoms with Crippen molar-refractivity contribution in [1.82, 2.24) is 9.80 Å². The number of nitrogens with zero attached hydrogens (tertiary/aromatic N) is 2. The molecule has 3 rings (SSSR count). The molecule has 1 aromatic rings. The first-order chi connectivity index (χ1) is 14.0. The van der Waals surface area contributed by atoms with Crippen LogP contribution in [-0.2, 0) is 19.1 Å². The van der Waals surface area contributed by atoms with Crippen molar-refractivity contribution < 1.29 is 23.8 Å². The highest BCUT2D eigenvalue weighted by Crippen LogP contribution is 2.34. The molecule has 0 aliphatic carbocycles. The number of methoxy groups -OCH3 is 1. The van der Waals surface area contributed by atoms with E-state index in [0.29, 0.717) is 50.5 Å². The summed E-state index contributed by atoms with van der Waals surface area (Å²) in [5.41, 5.74) is 1.65. The lowest BCUT2D eigenvalue weighted by Crippen LogP contribution is -2.47. The summed E-state index contributed by atoms with van der Waals surface area (Å²) in [5, 5.41) is 0. The van der Waals surface area contributed by atoms with Gasteiger partial charge in [-0.2, -0.15) is 0 Å². The fourth-order valence-electron chi connectivity index (χ4n) is 3.93. The van der Waals surface area contributed by atoms with Crippen molar-refractivity contribution in [3.63, 3.8) is 0 Å². The number of benzene rings is 1. The van der Waals surface area contributed by atoms with Gasteiger partial charge in [0.05, 0.1) is 24.4 Å². The number of ether oxygens (including phenoxy) is 3. The molecule has 0 radical (unpaired) electrons. The van der Waals surface area contributed by atoms with Crippen LogP contribution in [0.5, 0.6) is 5.75 Å². The van der Waals surface area contributed by atoms with Crippen molar-refractivity contribution in [1.29, 1.82) is 0 Å². The molecule has 1 saturated heterocycles. The standard InChI is InChI=1S/C22H30N2O5/c1-5-28-18-9-7-17(8-10-18)19-20(23-13-15(2)29-16(3)14-23)22(26)24(21(19)25)11-6-12-27-4/h7-10,15-16H,5-6,11-14H2,1-4H3. The Kier molecular flexibility index (Phi) is 6.92. The number of carbonyl (C=O) groups is 2. The maximum atomic E-state index is 13.3. The first-order valence-electron chi connectivity index (χ1n) is 10.2. The number of amides is 2. The summed E-state index contributed by atoms with van der Waals surface area (Å²) in [4.78, 5) is 29.9. The number of carbonyl (C=O) groups excluding carboxylic acids is 2. The van der Waals surface area contributed by atoms with Gasteiger partial charge in [0.2, 0.25) is 0 Å². The zero-order valence-electron chi connectivity index (χ0n) is 17.6. The van der Waals surface area contributed by atoms with Crippen LogP contribution in [0.2, 0.25) is 0 Å². The average Bonchev–Trinajstić information content (AvgIpc) is 2.93. The molecule has 2 aliphatic rings. The van der Waals surface area contributed by atoms with Gasteiger partial charge < -0.3 is 19.1 Å². The first kappa shape index (κ1) is 21.3. The second-order valence-electron chi connectivity index (χ2n) is 7.45. The van der Waals surface area contributed by atoms with Crippen LogP contribution in [0.25, 0.3) is 5.57 Å². The van der Waals surface area contributed by atoms with Crippen molar-refractivity contribution in [2.75, 3.05) is 40.0 Å². The molecule has 7 heteroatoms. The third-order valence-electron chi connectivity index (χ3n) is 5.06. The van der Waals surface area contributed by atoms with Crippen LogP contribution < -0.4 is 4.74 Å². The molecule has 2 heterocycles. The fourth-order valence-corrected chi connectivity index (χ4v) is 3.93. The predicted octanol–water partition coefficient (Wildman–Crippen LogP) is 2.31. The number of hydrogen-bond donors (Lipinski definition) is 0. The van der Waals surface area contributed by atoms with Gasteiger partial charge in [0.15, 0.2) is 0 Å². The summed E-state index contributed by atoms with van der Waals surface area (Å²) < 4.78 is 16.4. The molecule has 2 atom stereocenters. The Bertz CT molecular complexity index is 764. The number of hydrogen-bond acceptors (Lipinski definition) is 6. The highest BCUT2D eigenvalue weighted by atomic mass is 16.5. The van der Waals surface area contributed by atoms with Crippen molar-refractivity contribution in [3.8, 4) is 5.75 Å². The molecule has 2 unspecified atom stereocenters. The van der Waals surface area contributed by atoms with Gasteiger partial charge in [-0.1, -0.05) is 12.1 Å². The lowest BCUT2D eigenvalue weighted by Gasteiger charge is -2.37. The number of imide groups is 1. The smallest absolute Gasteiger partial charge is 0.277 e. The molecule has 29 heavy (non-hydrogen) atoms. The Morgan fingerprint density at radius 3 is 2.31 bits per heavy atom. The summed E-state index contributed by atoms with van der Waals surface area (Å²) in [5.74, 6) is 0.245. The van der Waals surface area contributed by atoms with E-state index in [1.54, 1.807) is 7.11 Å². The highest BCUT2D eigenvalue weighted by Gasteiger charge is 2.42. The Balaban J connectivity index is 1.97. The third-order valence-corrected chi connectivity index (χ3v) is 5.06. The topological polar surface area (TPSA) is 68.3 Å². The van der Waals surface area contributed by atoms with E-state index in [4.69, 9.17) is 14.2 Å². The highest BCUT2D eigenvalue weighted by molar-refractivity contribution is 6.35. The van der Waals surface area contributed by atoms with Crippen LogP contribution in [0, 0.1) is 0 Å². The van der Waals surface area contributed by atoms with Gasteiger partial charge in [-0.3, -0.25) is 14.5 Å². The summed E-state index contributed by atoms with van der Waals surface area (Å²) >= 11 is 0. The minimum Gasteiger partial charge on any atom is -0.494 e. The Morgan fingerprint density at radius 2 is 1.72 bits per heavy atom. The van der Waals surface area contributed by atoms with Crippen molar-refractivity contribution >= 4 is 17.4 Å². The summed E-state index contributed by atoms with van der Waals surface area (Å²) in [6, 6.07) is 7.35. The van der Waals surface area contributed by atoms with E-state index < -0.39 is 0 Å². The maximum absolute atomic E-state index is 13.3. The van der Waals surface area contributed by atoms with Gasteiger partial charge in [0, 0.05) is 33.4 Å². The van der Waals surface area contributed by atoms with E-state index in [1.807, 2.05) is 49.9 Å². The van der Waals surface area contributed by atoms with Gasteiger partial charge in [-0.15, -0.1) is 0 Å². The minimum atomic E-state index is -0.253. The van der Waals surface area contributed by atoms with Crippen LogP contribution in [0.3, 0.4) is 0 Å². The molecule has 0 spiro atoms. The zero-order chi connectivity index (χ0) is 21.0. The molecule has 1 fully saturated rings. The third kappa shape index (κ3) is 4.62. The predicted molar refractivity (Wildman–Crippen MR) is 109 cm³/mol. The van der Waals surface area contributed by atoms with E-state index in [1.165, 1.54) is 4.90 Å². The molecule has 0 N–H and O–H groups in total. The van der Waals surface area contributed by atoms with Gasteiger partial charge >= 0.3 is 0 Å². The van der Waals surface area contributed by atoms with Gasteiger partial charge in [-0.05, 0) is 44.9 Å². The molecule has 2 aliphatic heterocycles. The molecule has 7 nitrogen and oxygen atoms in total. The SMILES string of the molecule is CCOc1ccc(C2=C(N3CC(C)OC(C)C3)C(=O)N(CCCOC)C2=O)cc1. The number of morpholine rings is 1. The van der Waals surface area contributed by atoms with Gasteiger partial charge in [0.1, 0.15) is 11.4 Å². The first-order valence-corrected chi connectivity index (χ1v) is 10.2. The second-order valence-corrected chi connectivity index (χ2v) is 7.45. The van der Waals surface area contributed by atoms with Crippen LogP contribution in [0.1, 0.15) is 32.8 Å². The summed E-state index contributed by atoms with van der Waals surface area (Å²) in [6.07, 6.45) is 0.574. The van der Waals surface area contributed by atoms with Crippen molar-refractivity contribution in [3.05, 3.63) is 35.5 Å². The van der Waals surface area contributed by atoms with E-state index >= 15 is 0 Å². The summed E-state index contributed by atoms with van der Waals surface area (Å²) in [6.45, 7) is 8.44. The van der Waals surface area contributed by atoms with Crippen LogP contribution >= 0.6 is 0 Å². The monoisotopic (exact) mass is 402 g/mol. The van der Waals surface area contributed by atoms with E-state index in [0.717, 1.165) is 11.3 Å². The molecule has 0 aromatic heterocycles. The zero-order valence-corrected chi connectivity index (χ0v) is 17.6. The van der Waals surface area contributed by atoms with Gasteiger partial charge in [-0.25, -0.2) is 0 Å². The molecule has 1 aromatic carbocycles. The minimum absolute atomic E-state index is 0.0155. The molecular formula is C22H30N2O5. The Hall–Kier alpha value is -2.38. The number of rotatable bonds is 8. The van der Waals surface area contributed by atoms with Crippen molar-refractivity contribution in [2.24, 2.45) is 0 Å². The quantitative estimate of drug-likeness (QED) is 0.491. The van der Waals surface area contributed by atoms with Crippen molar-refractivity contribution in [2.45, 2.75) is 39.4 Å². The largest absolute Gasteiger partial charge is 0.494 e. The molecule has 0 saturated carbocycles. The van der Waals surface area contributed by atoms with E-state index in [-0.39, 0.29) is 24.0 Å². The molecular weight excluding hydrogens is 372 g/mol. The fraction of sp³-hybridized carbons (Fsp3) is 0.545. The van der Waals surface area contributed by atoms with Crippen LogP contribution in [0.15, 0.2) is 30.0 Å². The average molecular weight is 402 g/mol. The molecule has 2 amide bonds. The summed E-state index contributed by atoms with van der Waals surface area (Å²) in [7, 11) is 1.61. The Labute approximate surface area is 172 Å².